The molecular formula is C8H9BO5. The highest BCUT2D eigenvalue weighted by Crippen LogP contribution is 2.10. The van der Waals surface area contributed by atoms with Crippen LogP contribution < -0.4 is 5.46 Å². The molecule has 0 fully saturated rings. The Labute approximate surface area is 80.7 Å². The number of hydrogen-bond donors (Lipinski definition) is 3. The van der Waals surface area contributed by atoms with E-state index in [0.29, 0.717) is 0 Å². The van der Waals surface area contributed by atoms with E-state index >= 15 is 0 Å². The van der Waals surface area contributed by atoms with Gasteiger partial charge in [0.2, 0.25) is 0 Å². The number of carbonyl (C=O) groups excluding carboxylic acids is 1. The fourth-order valence-electron chi connectivity index (χ4n) is 1.06. The van der Waals surface area contributed by atoms with Crippen molar-refractivity contribution in [2.75, 3.05) is 7.11 Å². The lowest BCUT2D eigenvalue weighted by molar-refractivity contribution is 0.0601. The maximum Gasteiger partial charge on any atom is 0.489 e. The lowest BCUT2D eigenvalue weighted by Gasteiger charge is -2.06. The molecule has 6 heteroatoms. The average Bonchev–Trinajstić information content (AvgIpc) is 2.16. The summed E-state index contributed by atoms with van der Waals surface area (Å²) in [6.07, 6.45) is 0. The van der Waals surface area contributed by atoms with Crippen LogP contribution in [-0.2, 0) is 4.74 Å². The van der Waals surface area contributed by atoms with Crippen LogP contribution in [0.15, 0.2) is 18.2 Å². The Balaban J connectivity index is 3.22. The summed E-state index contributed by atoms with van der Waals surface area (Å²) in [6.45, 7) is 0. The zero-order valence-electron chi connectivity index (χ0n) is 7.47. The highest BCUT2D eigenvalue weighted by atomic mass is 16.5. The van der Waals surface area contributed by atoms with Gasteiger partial charge in [0.25, 0.3) is 0 Å². The number of phenolic OH excluding ortho intramolecular Hbond substituents is 1. The number of aromatic hydroxyl groups is 1. The van der Waals surface area contributed by atoms with Gasteiger partial charge < -0.3 is 19.9 Å². The predicted molar refractivity (Wildman–Crippen MR) is 49.3 cm³/mol. The number of benzene rings is 1. The molecule has 0 aliphatic heterocycles. The van der Waals surface area contributed by atoms with E-state index < -0.39 is 13.1 Å². The molecule has 14 heavy (non-hydrogen) atoms. The minimum Gasteiger partial charge on any atom is -0.508 e. The van der Waals surface area contributed by atoms with Gasteiger partial charge in [-0.2, -0.15) is 0 Å². The molecule has 0 bridgehead atoms. The smallest absolute Gasteiger partial charge is 0.489 e. The van der Waals surface area contributed by atoms with Gasteiger partial charge in [-0.15, -0.1) is 0 Å². The van der Waals surface area contributed by atoms with Crippen LogP contribution in [0, 0.1) is 0 Å². The monoisotopic (exact) mass is 196 g/mol. The van der Waals surface area contributed by atoms with Gasteiger partial charge in [-0.1, -0.05) is 6.07 Å². The zero-order valence-corrected chi connectivity index (χ0v) is 7.47. The Hall–Kier alpha value is -1.53. The van der Waals surface area contributed by atoms with Crippen LogP contribution >= 0.6 is 0 Å². The van der Waals surface area contributed by atoms with E-state index in [1.807, 2.05) is 0 Å². The van der Waals surface area contributed by atoms with Gasteiger partial charge in [-0.3, -0.25) is 0 Å². The maximum atomic E-state index is 11.1. The van der Waals surface area contributed by atoms with Crippen molar-refractivity contribution in [3.05, 3.63) is 23.8 Å². The predicted octanol–water partition coefficient (Wildman–Crippen LogP) is -1.14. The highest BCUT2D eigenvalue weighted by molar-refractivity contribution is 6.60. The van der Waals surface area contributed by atoms with Gasteiger partial charge in [-0.25, -0.2) is 4.79 Å². The summed E-state index contributed by atoms with van der Waals surface area (Å²) in [5.74, 6) is -0.876. The number of rotatable bonds is 2. The van der Waals surface area contributed by atoms with Crippen molar-refractivity contribution in [2.45, 2.75) is 0 Å². The van der Waals surface area contributed by atoms with E-state index in [9.17, 15) is 4.79 Å². The van der Waals surface area contributed by atoms with Crippen LogP contribution in [0.4, 0.5) is 0 Å². The summed E-state index contributed by atoms with van der Waals surface area (Å²) in [4.78, 5) is 11.1. The third-order valence-electron chi connectivity index (χ3n) is 1.72. The average molecular weight is 196 g/mol. The van der Waals surface area contributed by atoms with E-state index in [1.54, 1.807) is 0 Å². The fourth-order valence-corrected chi connectivity index (χ4v) is 1.06. The molecule has 74 valence electrons. The Bertz CT molecular complexity index is 350. The van der Waals surface area contributed by atoms with Crippen LogP contribution in [0.3, 0.4) is 0 Å². The van der Waals surface area contributed by atoms with Gasteiger partial charge in [0, 0.05) is 0 Å². The van der Waals surface area contributed by atoms with Crippen molar-refractivity contribution >= 4 is 18.6 Å². The summed E-state index contributed by atoms with van der Waals surface area (Å²) in [7, 11) is -0.607. The molecule has 3 N–H and O–H groups in total. The summed E-state index contributed by atoms with van der Waals surface area (Å²) >= 11 is 0. The molecule has 0 aromatic heterocycles. The first-order valence-electron chi connectivity index (χ1n) is 3.83. The number of methoxy groups -OCH3 is 1. The first-order valence-corrected chi connectivity index (χ1v) is 3.83. The Morgan fingerprint density at radius 3 is 2.57 bits per heavy atom. The number of hydrogen-bond acceptors (Lipinski definition) is 5. The molecule has 0 radical (unpaired) electrons. The number of phenols is 1. The van der Waals surface area contributed by atoms with Gasteiger partial charge in [-0.05, 0) is 17.6 Å². The standard InChI is InChI=1S/C8H9BO5/c1-14-8(11)6-4-5(10)2-3-7(6)9(12)13/h2-4,10,12-13H,1H3. The molecule has 5 nitrogen and oxygen atoms in total. The van der Waals surface area contributed by atoms with E-state index in [2.05, 4.69) is 4.74 Å². The largest absolute Gasteiger partial charge is 0.508 e. The third kappa shape index (κ3) is 2.04. The van der Waals surface area contributed by atoms with E-state index in [1.165, 1.54) is 19.2 Å². The molecule has 0 unspecified atom stereocenters. The number of carbonyl (C=O) groups is 1. The minimum atomic E-state index is -1.77. The molecule has 0 heterocycles. The van der Waals surface area contributed by atoms with E-state index in [-0.39, 0.29) is 16.8 Å². The quantitative estimate of drug-likeness (QED) is 0.411. The van der Waals surface area contributed by atoms with E-state index in [0.717, 1.165) is 6.07 Å². The maximum absolute atomic E-state index is 11.1. The summed E-state index contributed by atoms with van der Waals surface area (Å²) < 4.78 is 4.41. The van der Waals surface area contributed by atoms with Gasteiger partial charge in [0.15, 0.2) is 0 Å². The Morgan fingerprint density at radius 1 is 1.43 bits per heavy atom. The Morgan fingerprint density at radius 2 is 2.07 bits per heavy atom. The van der Waals surface area contributed by atoms with Crippen LogP contribution in [0.2, 0.25) is 0 Å². The second-order valence-corrected chi connectivity index (χ2v) is 2.64. The molecule has 1 aromatic carbocycles. The Kier molecular flexibility index (Phi) is 3.11. The molecule has 0 aliphatic carbocycles. The fraction of sp³-hybridized carbons (Fsp3) is 0.125. The van der Waals surface area contributed by atoms with Crippen molar-refractivity contribution in [2.24, 2.45) is 0 Å². The first kappa shape index (κ1) is 10.6. The van der Waals surface area contributed by atoms with Crippen LogP contribution in [0.1, 0.15) is 10.4 Å². The van der Waals surface area contributed by atoms with Gasteiger partial charge in [0.05, 0.1) is 12.7 Å². The molecule has 0 saturated carbocycles. The molecule has 1 rings (SSSR count). The molecule has 0 aliphatic rings. The normalized spacial score (nSPS) is 9.64. The second-order valence-electron chi connectivity index (χ2n) is 2.64. The van der Waals surface area contributed by atoms with Crippen LogP contribution in [0.25, 0.3) is 0 Å². The topological polar surface area (TPSA) is 87.0 Å². The molecule has 0 atom stereocenters. The molecular weight excluding hydrogens is 187 g/mol. The molecule has 0 amide bonds. The molecule has 0 spiro atoms. The van der Waals surface area contributed by atoms with Gasteiger partial charge in [0.1, 0.15) is 5.75 Å². The van der Waals surface area contributed by atoms with Gasteiger partial charge >= 0.3 is 13.1 Å². The third-order valence-corrected chi connectivity index (χ3v) is 1.72. The van der Waals surface area contributed by atoms with E-state index in [4.69, 9.17) is 15.2 Å². The van der Waals surface area contributed by atoms with Crippen molar-refractivity contribution < 1.29 is 24.7 Å². The van der Waals surface area contributed by atoms with Crippen molar-refractivity contribution in [3.8, 4) is 5.75 Å². The van der Waals surface area contributed by atoms with Crippen molar-refractivity contribution in [3.63, 3.8) is 0 Å². The summed E-state index contributed by atoms with van der Waals surface area (Å²) in [5, 5.41) is 26.9. The zero-order chi connectivity index (χ0) is 10.7. The lowest BCUT2D eigenvalue weighted by atomic mass is 9.77. The molecule has 1 aromatic rings. The second kappa shape index (κ2) is 4.12. The minimum absolute atomic E-state index is 0.00495. The summed E-state index contributed by atoms with van der Waals surface area (Å²) in [5.41, 5.74) is -0.0721. The van der Waals surface area contributed by atoms with Crippen LogP contribution in [0.5, 0.6) is 5.75 Å². The van der Waals surface area contributed by atoms with Crippen molar-refractivity contribution in [1.29, 1.82) is 0 Å². The number of ether oxygens (including phenoxy) is 1. The van der Waals surface area contributed by atoms with Crippen LogP contribution in [-0.4, -0.2) is 35.4 Å². The first-order chi connectivity index (χ1) is 6.56. The highest BCUT2D eigenvalue weighted by Gasteiger charge is 2.21. The summed E-state index contributed by atoms with van der Waals surface area (Å²) in [6, 6.07) is 3.61. The molecule has 0 saturated heterocycles. The SMILES string of the molecule is COC(=O)c1cc(O)ccc1B(O)O. The van der Waals surface area contributed by atoms with Crippen molar-refractivity contribution in [1.82, 2.24) is 0 Å². The lowest BCUT2D eigenvalue weighted by Crippen LogP contribution is -2.34. The number of esters is 1.